The van der Waals surface area contributed by atoms with Gasteiger partial charge in [0.05, 0.1) is 18.9 Å². The molecule has 1 saturated heterocycles. The second-order valence-corrected chi connectivity index (χ2v) is 4.74. The van der Waals surface area contributed by atoms with Gasteiger partial charge in [-0.1, -0.05) is 0 Å². The SMILES string of the molecule is COc1ccc(OC(C)C)c(N2CCNCC2)c1. The largest absolute Gasteiger partial charge is 0.497 e. The van der Waals surface area contributed by atoms with Gasteiger partial charge >= 0.3 is 0 Å². The molecule has 4 heteroatoms. The predicted octanol–water partition coefficient (Wildman–Crippen LogP) is 1.89. The van der Waals surface area contributed by atoms with Gasteiger partial charge in [0, 0.05) is 32.2 Å². The Hall–Kier alpha value is -1.42. The number of nitrogens with one attached hydrogen (secondary N) is 1. The zero-order valence-electron chi connectivity index (χ0n) is 11.4. The Morgan fingerprint density at radius 1 is 1.22 bits per heavy atom. The van der Waals surface area contributed by atoms with E-state index in [2.05, 4.69) is 16.3 Å². The third-order valence-electron chi connectivity index (χ3n) is 2.99. The van der Waals surface area contributed by atoms with E-state index in [1.54, 1.807) is 7.11 Å². The van der Waals surface area contributed by atoms with Crippen molar-refractivity contribution < 1.29 is 9.47 Å². The second-order valence-electron chi connectivity index (χ2n) is 4.74. The minimum absolute atomic E-state index is 0.181. The summed E-state index contributed by atoms with van der Waals surface area (Å²) in [5.41, 5.74) is 1.13. The Bertz CT molecular complexity index is 387. The van der Waals surface area contributed by atoms with Crippen molar-refractivity contribution in [1.29, 1.82) is 0 Å². The molecule has 1 heterocycles. The van der Waals surface area contributed by atoms with Crippen molar-refractivity contribution in [3.63, 3.8) is 0 Å². The first-order valence-corrected chi connectivity index (χ1v) is 6.51. The molecule has 0 aromatic heterocycles. The number of ether oxygens (including phenoxy) is 2. The number of anilines is 1. The summed E-state index contributed by atoms with van der Waals surface area (Å²) >= 11 is 0. The molecule has 18 heavy (non-hydrogen) atoms. The van der Waals surface area contributed by atoms with Crippen molar-refractivity contribution in [3.8, 4) is 11.5 Å². The van der Waals surface area contributed by atoms with Crippen LogP contribution in [0, 0.1) is 0 Å². The zero-order chi connectivity index (χ0) is 13.0. The van der Waals surface area contributed by atoms with Gasteiger partial charge in [0.1, 0.15) is 11.5 Å². The van der Waals surface area contributed by atoms with Crippen molar-refractivity contribution in [2.45, 2.75) is 20.0 Å². The highest BCUT2D eigenvalue weighted by Gasteiger charge is 2.16. The molecule has 0 bridgehead atoms. The summed E-state index contributed by atoms with van der Waals surface area (Å²) in [6, 6.07) is 6.00. The minimum Gasteiger partial charge on any atom is -0.497 e. The molecule has 2 rings (SSSR count). The van der Waals surface area contributed by atoms with E-state index in [1.807, 2.05) is 26.0 Å². The van der Waals surface area contributed by atoms with E-state index in [0.717, 1.165) is 43.4 Å². The molecule has 1 N–H and O–H groups in total. The van der Waals surface area contributed by atoms with Crippen LogP contribution in [-0.2, 0) is 0 Å². The molecule has 0 atom stereocenters. The van der Waals surface area contributed by atoms with E-state index in [4.69, 9.17) is 9.47 Å². The van der Waals surface area contributed by atoms with Crippen molar-refractivity contribution in [1.82, 2.24) is 5.32 Å². The average Bonchev–Trinajstić information content (AvgIpc) is 2.39. The van der Waals surface area contributed by atoms with E-state index >= 15 is 0 Å². The minimum atomic E-state index is 0.181. The summed E-state index contributed by atoms with van der Waals surface area (Å²) in [5.74, 6) is 1.81. The normalized spacial score (nSPS) is 15.9. The zero-order valence-corrected chi connectivity index (χ0v) is 11.4. The predicted molar refractivity (Wildman–Crippen MR) is 73.8 cm³/mol. The fourth-order valence-electron chi connectivity index (χ4n) is 2.13. The molecule has 0 aliphatic carbocycles. The summed E-state index contributed by atoms with van der Waals surface area (Å²) in [7, 11) is 1.69. The van der Waals surface area contributed by atoms with Crippen LogP contribution in [0.3, 0.4) is 0 Å². The van der Waals surface area contributed by atoms with Crippen molar-refractivity contribution in [3.05, 3.63) is 18.2 Å². The van der Waals surface area contributed by atoms with E-state index in [1.165, 1.54) is 0 Å². The number of hydrogen-bond donors (Lipinski definition) is 1. The van der Waals surface area contributed by atoms with Crippen LogP contribution in [-0.4, -0.2) is 39.4 Å². The van der Waals surface area contributed by atoms with Gasteiger partial charge in [-0.3, -0.25) is 0 Å². The maximum Gasteiger partial charge on any atom is 0.143 e. The standard InChI is InChI=1S/C14H22N2O2/c1-11(2)18-14-5-4-12(17-3)10-13(14)16-8-6-15-7-9-16/h4-5,10-11,15H,6-9H2,1-3H3. The maximum atomic E-state index is 5.88. The van der Waals surface area contributed by atoms with Crippen LogP contribution in [0.1, 0.15) is 13.8 Å². The molecule has 1 fully saturated rings. The summed E-state index contributed by atoms with van der Waals surface area (Å²) in [6.07, 6.45) is 0.181. The summed E-state index contributed by atoms with van der Waals surface area (Å²) < 4.78 is 11.2. The second kappa shape index (κ2) is 5.96. The van der Waals surface area contributed by atoms with Crippen LogP contribution >= 0.6 is 0 Å². The molecule has 1 aromatic carbocycles. The molecule has 0 saturated carbocycles. The fourth-order valence-corrected chi connectivity index (χ4v) is 2.13. The van der Waals surface area contributed by atoms with Crippen molar-refractivity contribution in [2.75, 3.05) is 38.2 Å². The number of benzene rings is 1. The Balaban J connectivity index is 2.27. The maximum absolute atomic E-state index is 5.88. The summed E-state index contributed by atoms with van der Waals surface area (Å²) in [6.45, 7) is 8.12. The quantitative estimate of drug-likeness (QED) is 0.885. The van der Waals surface area contributed by atoms with Crippen LogP contribution in [0.4, 0.5) is 5.69 Å². The van der Waals surface area contributed by atoms with Crippen molar-refractivity contribution >= 4 is 5.69 Å². The van der Waals surface area contributed by atoms with Gasteiger partial charge in [-0.15, -0.1) is 0 Å². The number of nitrogens with zero attached hydrogens (tertiary/aromatic N) is 1. The summed E-state index contributed by atoms with van der Waals surface area (Å²) in [4.78, 5) is 2.34. The molecule has 1 aliphatic heterocycles. The van der Waals surface area contributed by atoms with Crippen LogP contribution in [0.2, 0.25) is 0 Å². The van der Waals surface area contributed by atoms with Crippen LogP contribution in [0.5, 0.6) is 11.5 Å². The van der Waals surface area contributed by atoms with Crippen LogP contribution in [0.25, 0.3) is 0 Å². The summed E-state index contributed by atoms with van der Waals surface area (Å²) in [5, 5.41) is 3.36. The lowest BCUT2D eigenvalue weighted by Gasteiger charge is -2.31. The Morgan fingerprint density at radius 2 is 1.94 bits per heavy atom. The molecule has 0 spiro atoms. The van der Waals surface area contributed by atoms with Gasteiger partial charge in [0.15, 0.2) is 0 Å². The molecule has 0 amide bonds. The van der Waals surface area contributed by atoms with Gasteiger partial charge in [-0.25, -0.2) is 0 Å². The molecule has 0 unspecified atom stereocenters. The Kier molecular flexibility index (Phi) is 4.31. The lowest BCUT2D eigenvalue weighted by atomic mass is 10.2. The monoisotopic (exact) mass is 250 g/mol. The average molecular weight is 250 g/mol. The van der Waals surface area contributed by atoms with E-state index in [9.17, 15) is 0 Å². The smallest absolute Gasteiger partial charge is 0.143 e. The van der Waals surface area contributed by atoms with Gasteiger partial charge in [0.25, 0.3) is 0 Å². The number of piperazine rings is 1. The molecular weight excluding hydrogens is 228 g/mol. The Morgan fingerprint density at radius 3 is 2.56 bits per heavy atom. The van der Waals surface area contributed by atoms with E-state index in [-0.39, 0.29) is 6.10 Å². The first kappa shape index (κ1) is 13.0. The number of rotatable bonds is 4. The lowest BCUT2D eigenvalue weighted by Crippen LogP contribution is -2.43. The third-order valence-corrected chi connectivity index (χ3v) is 2.99. The van der Waals surface area contributed by atoms with Crippen molar-refractivity contribution in [2.24, 2.45) is 0 Å². The Labute approximate surface area is 109 Å². The van der Waals surface area contributed by atoms with Gasteiger partial charge in [0.2, 0.25) is 0 Å². The highest BCUT2D eigenvalue weighted by Crippen LogP contribution is 2.33. The lowest BCUT2D eigenvalue weighted by molar-refractivity contribution is 0.242. The molecule has 0 radical (unpaired) electrons. The fraction of sp³-hybridized carbons (Fsp3) is 0.571. The molecule has 1 aliphatic rings. The molecular formula is C14H22N2O2. The number of methoxy groups -OCH3 is 1. The number of hydrogen-bond acceptors (Lipinski definition) is 4. The third kappa shape index (κ3) is 3.07. The van der Waals surface area contributed by atoms with Crippen LogP contribution < -0.4 is 19.7 Å². The van der Waals surface area contributed by atoms with E-state index in [0.29, 0.717) is 0 Å². The first-order chi connectivity index (χ1) is 8.70. The molecule has 4 nitrogen and oxygen atoms in total. The highest BCUT2D eigenvalue weighted by atomic mass is 16.5. The van der Waals surface area contributed by atoms with E-state index < -0.39 is 0 Å². The molecule has 100 valence electrons. The topological polar surface area (TPSA) is 33.7 Å². The first-order valence-electron chi connectivity index (χ1n) is 6.51. The van der Waals surface area contributed by atoms with Gasteiger partial charge in [-0.05, 0) is 26.0 Å². The highest BCUT2D eigenvalue weighted by molar-refractivity contribution is 5.62. The van der Waals surface area contributed by atoms with Gasteiger partial charge in [-0.2, -0.15) is 0 Å². The van der Waals surface area contributed by atoms with Crippen LogP contribution in [0.15, 0.2) is 18.2 Å². The van der Waals surface area contributed by atoms with Gasteiger partial charge < -0.3 is 19.7 Å². The molecule has 1 aromatic rings.